The fourth-order valence-corrected chi connectivity index (χ4v) is 3.05. The maximum Gasteiger partial charge on any atom is 0.408 e. The first kappa shape index (κ1) is 21.7. The lowest BCUT2D eigenvalue weighted by Crippen LogP contribution is -2.53. The second-order valence-corrected chi connectivity index (χ2v) is 8.64. The minimum atomic E-state index is -0.621. The highest BCUT2D eigenvalue weighted by molar-refractivity contribution is 5.85. The Bertz CT molecular complexity index is 438. The lowest BCUT2D eigenvalue weighted by atomic mass is 9.94. The van der Waals surface area contributed by atoms with Crippen LogP contribution in [-0.4, -0.2) is 54.2 Å². The zero-order valence-corrected chi connectivity index (χ0v) is 17.0. The number of likely N-dealkylation sites (tertiary alicyclic amines) is 1. The van der Waals surface area contributed by atoms with Crippen LogP contribution in [0.2, 0.25) is 0 Å². The molecule has 0 aromatic carbocycles. The smallest absolute Gasteiger partial charge is 0.408 e. The fraction of sp³-hybridized carbons (Fsp3) is 0.895. The summed E-state index contributed by atoms with van der Waals surface area (Å²) >= 11 is 0. The lowest BCUT2D eigenvalue weighted by molar-refractivity contribution is -0.123. The minimum absolute atomic E-state index is 0.179. The number of carbonyl (C=O) groups is 2. The van der Waals surface area contributed by atoms with Gasteiger partial charge in [0.1, 0.15) is 11.6 Å². The molecule has 1 heterocycles. The second kappa shape index (κ2) is 9.41. The summed E-state index contributed by atoms with van der Waals surface area (Å²) in [5.41, 5.74) is -0.575. The Labute approximate surface area is 153 Å². The number of nitrogens with one attached hydrogen (secondary N) is 2. The van der Waals surface area contributed by atoms with Crippen LogP contribution in [0.25, 0.3) is 0 Å². The third kappa shape index (κ3) is 8.08. The van der Waals surface area contributed by atoms with Crippen LogP contribution >= 0.6 is 0 Å². The van der Waals surface area contributed by atoms with Crippen molar-refractivity contribution < 1.29 is 14.3 Å². The molecule has 2 N–H and O–H groups in total. The van der Waals surface area contributed by atoms with Crippen LogP contribution in [0.1, 0.15) is 61.3 Å². The Morgan fingerprint density at radius 3 is 2.20 bits per heavy atom. The number of nitrogens with zero attached hydrogens (tertiary/aromatic N) is 1. The summed E-state index contributed by atoms with van der Waals surface area (Å²) in [5, 5.41) is 5.58. The van der Waals surface area contributed by atoms with Gasteiger partial charge in [-0.15, -0.1) is 0 Å². The SMILES string of the molecule is CC1CCN(C(CNC(=O)C(C)NC(=O)OC(C)(C)C)C(C)C)CC1. The van der Waals surface area contributed by atoms with Crippen molar-refractivity contribution >= 4 is 12.0 Å². The molecule has 1 aliphatic rings. The molecule has 0 radical (unpaired) electrons. The first-order valence-electron chi connectivity index (χ1n) is 9.51. The number of rotatable bonds is 6. The van der Waals surface area contributed by atoms with E-state index in [-0.39, 0.29) is 5.91 Å². The zero-order chi connectivity index (χ0) is 19.2. The summed E-state index contributed by atoms with van der Waals surface area (Å²) in [6.45, 7) is 16.5. The molecule has 0 bridgehead atoms. The van der Waals surface area contributed by atoms with Crippen molar-refractivity contribution in [3.63, 3.8) is 0 Å². The van der Waals surface area contributed by atoms with Gasteiger partial charge in [-0.25, -0.2) is 4.79 Å². The lowest BCUT2D eigenvalue weighted by Gasteiger charge is -2.39. The van der Waals surface area contributed by atoms with Gasteiger partial charge in [0, 0.05) is 12.6 Å². The standard InChI is InChI=1S/C19H37N3O3/c1-13(2)16(22-10-8-14(3)9-11-22)12-20-17(23)15(4)21-18(24)25-19(5,6)7/h13-16H,8-12H2,1-7H3,(H,20,23)(H,21,24). The van der Waals surface area contributed by atoms with Gasteiger partial charge in [0.15, 0.2) is 0 Å². The fourth-order valence-electron chi connectivity index (χ4n) is 3.05. The molecule has 2 atom stereocenters. The molecule has 25 heavy (non-hydrogen) atoms. The zero-order valence-electron chi connectivity index (χ0n) is 17.0. The minimum Gasteiger partial charge on any atom is -0.444 e. The van der Waals surface area contributed by atoms with Crippen molar-refractivity contribution in [2.45, 2.75) is 79.0 Å². The van der Waals surface area contributed by atoms with E-state index in [1.165, 1.54) is 12.8 Å². The first-order chi connectivity index (χ1) is 11.5. The van der Waals surface area contributed by atoms with E-state index in [2.05, 4.69) is 36.3 Å². The number of alkyl carbamates (subject to hydrolysis) is 1. The molecule has 0 saturated carbocycles. The van der Waals surface area contributed by atoms with Gasteiger partial charge in [-0.1, -0.05) is 20.8 Å². The van der Waals surface area contributed by atoms with Crippen molar-refractivity contribution in [3.05, 3.63) is 0 Å². The second-order valence-electron chi connectivity index (χ2n) is 8.64. The topological polar surface area (TPSA) is 70.7 Å². The van der Waals surface area contributed by atoms with Gasteiger partial charge in [0.2, 0.25) is 5.91 Å². The normalized spacial score (nSPS) is 19.4. The van der Waals surface area contributed by atoms with Gasteiger partial charge in [0.25, 0.3) is 0 Å². The third-order valence-corrected chi connectivity index (χ3v) is 4.67. The Kier molecular flexibility index (Phi) is 8.19. The largest absolute Gasteiger partial charge is 0.444 e. The predicted molar refractivity (Wildman–Crippen MR) is 100 cm³/mol. The van der Waals surface area contributed by atoms with E-state index < -0.39 is 17.7 Å². The van der Waals surface area contributed by atoms with Crippen molar-refractivity contribution in [2.24, 2.45) is 11.8 Å². The first-order valence-corrected chi connectivity index (χ1v) is 9.51. The van der Waals surface area contributed by atoms with E-state index in [9.17, 15) is 9.59 Å². The molecule has 146 valence electrons. The molecular formula is C19H37N3O3. The predicted octanol–water partition coefficient (Wildman–Crippen LogP) is 2.77. The number of ether oxygens (including phenoxy) is 1. The van der Waals surface area contributed by atoms with Gasteiger partial charge in [-0.3, -0.25) is 9.69 Å². The Morgan fingerprint density at radius 2 is 1.72 bits per heavy atom. The van der Waals surface area contributed by atoms with Crippen LogP contribution in [-0.2, 0) is 9.53 Å². The maximum atomic E-state index is 12.3. The van der Waals surface area contributed by atoms with Gasteiger partial charge in [-0.2, -0.15) is 0 Å². The molecule has 2 unspecified atom stereocenters. The number of hydrogen-bond donors (Lipinski definition) is 2. The van der Waals surface area contributed by atoms with Gasteiger partial charge < -0.3 is 15.4 Å². The van der Waals surface area contributed by atoms with Crippen molar-refractivity contribution in [1.82, 2.24) is 15.5 Å². The van der Waals surface area contributed by atoms with E-state index >= 15 is 0 Å². The molecule has 1 aliphatic heterocycles. The van der Waals surface area contributed by atoms with E-state index in [0.717, 1.165) is 19.0 Å². The van der Waals surface area contributed by atoms with Crippen LogP contribution in [0.5, 0.6) is 0 Å². The summed E-state index contributed by atoms with van der Waals surface area (Å²) in [4.78, 5) is 26.6. The van der Waals surface area contributed by atoms with E-state index in [1.54, 1.807) is 27.7 Å². The summed E-state index contributed by atoms with van der Waals surface area (Å²) < 4.78 is 5.19. The maximum absolute atomic E-state index is 12.3. The number of hydrogen-bond acceptors (Lipinski definition) is 4. The number of amides is 2. The average Bonchev–Trinajstić information content (AvgIpc) is 2.46. The molecule has 0 aliphatic carbocycles. The Balaban J connectivity index is 2.47. The molecule has 6 nitrogen and oxygen atoms in total. The quantitative estimate of drug-likeness (QED) is 0.768. The van der Waals surface area contributed by atoms with Crippen LogP contribution < -0.4 is 10.6 Å². The van der Waals surface area contributed by atoms with Crippen LogP contribution in [0, 0.1) is 11.8 Å². The van der Waals surface area contributed by atoms with Crippen LogP contribution in [0.3, 0.4) is 0 Å². The highest BCUT2D eigenvalue weighted by Gasteiger charge is 2.27. The summed E-state index contributed by atoms with van der Waals surface area (Å²) in [6, 6.07) is -0.297. The molecule has 1 rings (SSSR count). The molecular weight excluding hydrogens is 318 g/mol. The monoisotopic (exact) mass is 355 g/mol. The van der Waals surface area contributed by atoms with Gasteiger partial charge in [-0.05, 0) is 65.5 Å². The van der Waals surface area contributed by atoms with E-state index in [4.69, 9.17) is 4.74 Å². The number of carbonyl (C=O) groups excluding carboxylic acids is 2. The summed E-state index contributed by atoms with van der Waals surface area (Å²) in [7, 11) is 0. The molecule has 0 spiro atoms. The summed E-state index contributed by atoms with van der Waals surface area (Å²) in [6.07, 6.45) is 1.86. The third-order valence-electron chi connectivity index (χ3n) is 4.67. The molecule has 1 saturated heterocycles. The Hall–Kier alpha value is -1.30. The highest BCUT2D eigenvalue weighted by atomic mass is 16.6. The highest BCUT2D eigenvalue weighted by Crippen LogP contribution is 2.21. The van der Waals surface area contributed by atoms with Gasteiger partial charge in [0.05, 0.1) is 0 Å². The van der Waals surface area contributed by atoms with Crippen molar-refractivity contribution in [1.29, 1.82) is 0 Å². The molecule has 2 amide bonds. The summed E-state index contributed by atoms with van der Waals surface area (Å²) in [5.74, 6) is 1.07. The molecule has 1 fully saturated rings. The van der Waals surface area contributed by atoms with Gasteiger partial charge >= 0.3 is 6.09 Å². The molecule has 0 aromatic heterocycles. The molecule has 6 heteroatoms. The van der Waals surface area contributed by atoms with Crippen LogP contribution in [0.15, 0.2) is 0 Å². The molecule has 0 aromatic rings. The van der Waals surface area contributed by atoms with Crippen LogP contribution in [0.4, 0.5) is 4.79 Å². The number of piperidine rings is 1. The Morgan fingerprint density at radius 1 is 1.16 bits per heavy atom. The van der Waals surface area contributed by atoms with Crippen molar-refractivity contribution in [3.8, 4) is 0 Å². The average molecular weight is 356 g/mol. The van der Waals surface area contributed by atoms with E-state index in [0.29, 0.717) is 18.5 Å². The van der Waals surface area contributed by atoms with E-state index in [1.807, 2.05) is 0 Å². The van der Waals surface area contributed by atoms with Crippen molar-refractivity contribution in [2.75, 3.05) is 19.6 Å².